The van der Waals surface area contributed by atoms with Crippen LogP contribution < -0.4 is 0 Å². The molecule has 2 heterocycles. The fourth-order valence-electron chi connectivity index (χ4n) is 1.39. The Morgan fingerprint density at radius 2 is 2.00 bits per heavy atom. The van der Waals surface area contributed by atoms with Gasteiger partial charge in [-0.15, -0.1) is 5.10 Å². The predicted molar refractivity (Wildman–Crippen MR) is 65.0 cm³/mol. The van der Waals surface area contributed by atoms with Crippen LogP contribution in [0.4, 0.5) is 0 Å². The van der Waals surface area contributed by atoms with Crippen molar-refractivity contribution < 1.29 is 0 Å². The topological polar surface area (TPSA) is 54.5 Å². The van der Waals surface area contributed by atoms with Gasteiger partial charge >= 0.3 is 0 Å². The van der Waals surface area contributed by atoms with E-state index in [9.17, 15) is 0 Å². The van der Waals surface area contributed by atoms with Gasteiger partial charge in [0.15, 0.2) is 5.82 Å². The molecule has 0 aliphatic carbocycles. The van der Waals surface area contributed by atoms with Crippen molar-refractivity contribution >= 4 is 45.8 Å². The molecule has 0 saturated carbocycles. The van der Waals surface area contributed by atoms with Crippen LogP contribution in [0.3, 0.4) is 0 Å². The highest BCUT2D eigenvalue weighted by molar-refractivity contribution is 7.03. The Morgan fingerprint density at radius 1 is 1.19 bits per heavy atom. The third kappa shape index (κ3) is 1.57. The van der Waals surface area contributed by atoms with Gasteiger partial charge in [-0.05, 0) is 23.7 Å². The second-order valence-electron chi connectivity index (χ2n) is 3.16. The molecule has 3 aromatic rings. The Morgan fingerprint density at radius 3 is 2.75 bits per heavy atom. The quantitative estimate of drug-likeness (QED) is 0.738. The van der Waals surface area contributed by atoms with Crippen LogP contribution in [-0.2, 0) is 0 Å². The van der Waals surface area contributed by atoms with Crippen LogP contribution in [0, 0.1) is 0 Å². The summed E-state index contributed by atoms with van der Waals surface area (Å²) in [4.78, 5) is 7.48. The molecule has 7 heteroatoms. The first-order chi connectivity index (χ1) is 7.74. The van der Waals surface area contributed by atoms with Gasteiger partial charge in [-0.1, -0.05) is 27.7 Å². The SMILES string of the molecule is Clc1cc2nc(-c3csnn3)[nH]c2cc1Cl. The van der Waals surface area contributed by atoms with Gasteiger partial charge in [0.1, 0.15) is 5.69 Å². The van der Waals surface area contributed by atoms with E-state index in [2.05, 4.69) is 19.6 Å². The molecule has 0 radical (unpaired) electrons. The van der Waals surface area contributed by atoms with Gasteiger partial charge in [0.2, 0.25) is 0 Å². The van der Waals surface area contributed by atoms with Crippen LogP contribution in [0.15, 0.2) is 17.5 Å². The number of H-pyrrole nitrogens is 1. The Labute approximate surface area is 104 Å². The van der Waals surface area contributed by atoms with Crippen molar-refractivity contribution in [2.45, 2.75) is 0 Å². The molecule has 0 aliphatic rings. The highest BCUT2D eigenvalue weighted by Crippen LogP contribution is 2.28. The van der Waals surface area contributed by atoms with Crippen LogP contribution in [0.1, 0.15) is 0 Å². The second-order valence-corrected chi connectivity index (χ2v) is 4.58. The van der Waals surface area contributed by atoms with E-state index in [0.717, 1.165) is 11.0 Å². The molecule has 0 aliphatic heterocycles. The van der Waals surface area contributed by atoms with Gasteiger partial charge in [-0.2, -0.15) is 0 Å². The lowest BCUT2D eigenvalue weighted by molar-refractivity contribution is 1.13. The lowest BCUT2D eigenvalue weighted by Crippen LogP contribution is -1.79. The molecule has 0 saturated heterocycles. The molecule has 1 aromatic carbocycles. The molecule has 0 amide bonds. The van der Waals surface area contributed by atoms with Gasteiger partial charge in [0, 0.05) is 5.38 Å². The molecular formula is C9H4Cl2N4S. The Balaban J connectivity index is 2.23. The van der Waals surface area contributed by atoms with E-state index in [4.69, 9.17) is 23.2 Å². The number of aromatic amines is 1. The highest BCUT2D eigenvalue weighted by Gasteiger charge is 2.09. The zero-order valence-electron chi connectivity index (χ0n) is 7.74. The molecule has 0 unspecified atom stereocenters. The largest absolute Gasteiger partial charge is 0.337 e. The summed E-state index contributed by atoms with van der Waals surface area (Å²) in [5, 5.41) is 6.75. The Kier molecular flexibility index (Phi) is 2.31. The van der Waals surface area contributed by atoms with Crippen molar-refractivity contribution in [2.24, 2.45) is 0 Å². The van der Waals surface area contributed by atoms with Crippen molar-refractivity contribution in [2.75, 3.05) is 0 Å². The minimum atomic E-state index is 0.489. The number of imidazole rings is 1. The Hall–Kier alpha value is -1.17. The molecule has 0 spiro atoms. The number of benzene rings is 1. The number of hydrogen-bond acceptors (Lipinski definition) is 4. The van der Waals surface area contributed by atoms with E-state index in [1.807, 2.05) is 5.38 Å². The molecule has 80 valence electrons. The van der Waals surface area contributed by atoms with Crippen molar-refractivity contribution in [1.82, 2.24) is 19.6 Å². The third-order valence-corrected chi connectivity index (χ3v) is 3.35. The second kappa shape index (κ2) is 3.69. The highest BCUT2D eigenvalue weighted by atomic mass is 35.5. The van der Waals surface area contributed by atoms with Gasteiger partial charge < -0.3 is 4.98 Å². The lowest BCUT2D eigenvalue weighted by atomic mass is 10.3. The molecule has 2 aromatic heterocycles. The van der Waals surface area contributed by atoms with Gasteiger partial charge in [-0.25, -0.2) is 4.98 Å². The Bertz CT molecular complexity index is 608. The monoisotopic (exact) mass is 270 g/mol. The van der Waals surface area contributed by atoms with E-state index >= 15 is 0 Å². The smallest absolute Gasteiger partial charge is 0.160 e. The normalized spacial score (nSPS) is 11.1. The molecule has 1 N–H and O–H groups in total. The van der Waals surface area contributed by atoms with Crippen LogP contribution in [0.25, 0.3) is 22.6 Å². The summed E-state index contributed by atoms with van der Waals surface area (Å²) < 4.78 is 3.78. The van der Waals surface area contributed by atoms with E-state index in [-0.39, 0.29) is 0 Å². The number of aromatic nitrogens is 4. The first-order valence-electron chi connectivity index (χ1n) is 4.36. The molecular weight excluding hydrogens is 267 g/mol. The van der Waals surface area contributed by atoms with Crippen molar-refractivity contribution in [3.8, 4) is 11.5 Å². The fourth-order valence-corrected chi connectivity index (χ4v) is 2.16. The number of hydrogen-bond donors (Lipinski definition) is 1. The molecule has 0 fully saturated rings. The maximum Gasteiger partial charge on any atom is 0.160 e. The summed E-state index contributed by atoms with van der Waals surface area (Å²) in [7, 11) is 0. The minimum Gasteiger partial charge on any atom is -0.337 e. The number of rotatable bonds is 1. The van der Waals surface area contributed by atoms with E-state index in [1.165, 1.54) is 11.5 Å². The fraction of sp³-hybridized carbons (Fsp3) is 0. The van der Waals surface area contributed by atoms with E-state index in [0.29, 0.717) is 21.6 Å². The predicted octanol–water partition coefficient (Wildman–Crippen LogP) is 3.39. The van der Waals surface area contributed by atoms with Crippen molar-refractivity contribution in [3.63, 3.8) is 0 Å². The molecule has 4 nitrogen and oxygen atoms in total. The van der Waals surface area contributed by atoms with Crippen LogP contribution in [-0.4, -0.2) is 19.6 Å². The lowest BCUT2D eigenvalue weighted by Gasteiger charge is -1.93. The summed E-state index contributed by atoms with van der Waals surface area (Å²) in [5.74, 6) is 0.669. The van der Waals surface area contributed by atoms with Gasteiger partial charge in [-0.3, -0.25) is 0 Å². The first kappa shape index (κ1) is 10.0. The minimum absolute atomic E-state index is 0.489. The van der Waals surface area contributed by atoms with Crippen LogP contribution in [0.2, 0.25) is 10.0 Å². The van der Waals surface area contributed by atoms with Crippen LogP contribution in [0.5, 0.6) is 0 Å². The maximum absolute atomic E-state index is 5.92. The van der Waals surface area contributed by atoms with E-state index < -0.39 is 0 Å². The summed E-state index contributed by atoms with van der Waals surface area (Å²) >= 11 is 13.1. The van der Waals surface area contributed by atoms with E-state index in [1.54, 1.807) is 12.1 Å². The average Bonchev–Trinajstić information content (AvgIpc) is 2.86. The third-order valence-electron chi connectivity index (χ3n) is 2.13. The number of halogens is 2. The maximum atomic E-state index is 5.92. The van der Waals surface area contributed by atoms with Crippen LogP contribution >= 0.6 is 34.7 Å². The first-order valence-corrected chi connectivity index (χ1v) is 5.95. The molecule has 0 bridgehead atoms. The zero-order valence-corrected chi connectivity index (χ0v) is 10.1. The average molecular weight is 271 g/mol. The number of nitrogens with zero attached hydrogens (tertiary/aromatic N) is 3. The molecule has 3 rings (SSSR count). The summed E-state index contributed by atoms with van der Waals surface area (Å²) in [6, 6.07) is 3.47. The van der Waals surface area contributed by atoms with Gasteiger partial charge in [0.05, 0.1) is 21.1 Å². The molecule has 16 heavy (non-hydrogen) atoms. The van der Waals surface area contributed by atoms with Gasteiger partial charge in [0.25, 0.3) is 0 Å². The number of fused-ring (bicyclic) bond motifs is 1. The zero-order chi connectivity index (χ0) is 11.1. The number of nitrogens with one attached hydrogen (secondary N) is 1. The standard InChI is InChI=1S/C9H4Cl2N4S/c10-4-1-6-7(2-5(4)11)13-9(12-6)8-3-16-15-14-8/h1-3H,(H,12,13). The summed E-state index contributed by atoms with van der Waals surface area (Å²) in [6.45, 7) is 0. The summed E-state index contributed by atoms with van der Waals surface area (Å²) in [6.07, 6.45) is 0. The van der Waals surface area contributed by atoms with Crippen molar-refractivity contribution in [3.05, 3.63) is 27.6 Å². The van der Waals surface area contributed by atoms with Crippen molar-refractivity contribution in [1.29, 1.82) is 0 Å². The molecule has 0 atom stereocenters. The summed E-state index contributed by atoms with van der Waals surface area (Å²) in [5.41, 5.74) is 2.31.